The molecule has 0 amide bonds. The van der Waals surface area contributed by atoms with Gasteiger partial charge in [-0.2, -0.15) is 0 Å². The van der Waals surface area contributed by atoms with Gasteiger partial charge in [0.2, 0.25) is 0 Å². The van der Waals surface area contributed by atoms with E-state index in [-0.39, 0.29) is 6.10 Å². The summed E-state index contributed by atoms with van der Waals surface area (Å²) in [7, 11) is 0. The first-order chi connectivity index (χ1) is 8.78. The molecule has 1 fully saturated rings. The Morgan fingerprint density at radius 2 is 1.67 bits per heavy atom. The van der Waals surface area contributed by atoms with Crippen molar-refractivity contribution in [1.29, 1.82) is 0 Å². The third kappa shape index (κ3) is 4.07. The van der Waals surface area contributed by atoms with Crippen molar-refractivity contribution >= 4 is 0 Å². The molecule has 100 valence electrons. The Kier molecular flexibility index (Phi) is 5.13. The van der Waals surface area contributed by atoms with Gasteiger partial charge >= 0.3 is 0 Å². The van der Waals surface area contributed by atoms with Crippen molar-refractivity contribution in [1.82, 2.24) is 9.80 Å². The Labute approximate surface area is 109 Å². The molecule has 4 heteroatoms. The first-order valence-electron chi connectivity index (χ1n) is 6.64. The highest BCUT2D eigenvalue weighted by atomic mass is 16.3. The van der Waals surface area contributed by atoms with Gasteiger partial charge in [0.1, 0.15) is 0 Å². The molecule has 1 aliphatic rings. The highest BCUT2D eigenvalue weighted by Gasteiger charge is 2.18. The number of aliphatic hydroxyl groups excluding tert-OH is 1. The summed E-state index contributed by atoms with van der Waals surface area (Å²) >= 11 is 0. The molecule has 1 aromatic carbocycles. The van der Waals surface area contributed by atoms with E-state index in [1.54, 1.807) is 0 Å². The minimum Gasteiger partial charge on any atom is -0.390 e. The lowest BCUT2D eigenvalue weighted by Gasteiger charge is -2.35. The summed E-state index contributed by atoms with van der Waals surface area (Å²) < 4.78 is 0. The van der Waals surface area contributed by atoms with Crippen LogP contribution in [-0.2, 0) is 6.54 Å². The Morgan fingerprint density at radius 1 is 1.06 bits per heavy atom. The van der Waals surface area contributed by atoms with Crippen LogP contribution in [0.2, 0.25) is 0 Å². The summed E-state index contributed by atoms with van der Waals surface area (Å²) in [5.41, 5.74) is 6.80. The molecule has 4 nitrogen and oxygen atoms in total. The molecule has 0 unspecified atom stereocenters. The summed E-state index contributed by atoms with van der Waals surface area (Å²) in [6.07, 6.45) is -0.384. The van der Waals surface area contributed by atoms with Crippen LogP contribution in [0.5, 0.6) is 0 Å². The summed E-state index contributed by atoms with van der Waals surface area (Å²) in [6, 6.07) is 10.6. The maximum atomic E-state index is 9.53. The standard InChI is InChI=1S/C14H23N3O/c15-10-14(18)12-17-8-6-16(7-9-17)11-13-4-2-1-3-5-13/h1-5,14,18H,6-12,15H2/t14-/m0/s1. The predicted octanol–water partition coefficient (Wildman–Crippen LogP) is 0.124. The Hall–Kier alpha value is -0.940. The zero-order valence-electron chi connectivity index (χ0n) is 10.8. The molecule has 0 saturated carbocycles. The molecule has 1 atom stereocenters. The van der Waals surface area contributed by atoms with Gasteiger partial charge in [-0.1, -0.05) is 30.3 Å². The molecule has 1 saturated heterocycles. The summed E-state index contributed by atoms with van der Waals surface area (Å²) in [4.78, 5) is 4.75. The van der Waals surface area contributed by atoms with Crippen LogP contribution in [0.4, 0.5) is 0 Å². The topological polar surface area (TPSA) is 52.7 Å². The van der Waals surface area contributed by atoms with Crippen molar-refractivity contribution in [3.63, 3.8) is 0 Å². The van der Waals surface area contributed by atoms with Crippen LogP contribution in [-0.4, -0.2) is 60.3 Å². The molecule has 0 aromatic heterocycles. The maximum Gasteiger partial charge on any atom is 0.0789 e. The number of hydrogen-bond donors (Lipinski definition) is 2. The van der Waals surface area contributed by atoms with Gasteiger partial charge in [0.15, 0.2) is 0 Å². The Balaban J connectivity index is 1.73. The third-order valence-electron chi connectivity index (χ3n) is 3.45. The van der Waals surface area contributed by atoms with Gasteiger partial charge in [0.25, 0.3) is 0 Å². The van der Waals surface area contributed by atoms with Crippen LogP contribution < -0.4 is 5.73 Å². The SMILES string of the molecule is NC[C@H](O)CN1CCN(Cc2ccccc2)CC1. The van der Waals surface area contributed by atoms with E-state index in [0.29, 0.717) is 13.1 Å². The zero-order valence-corrected chi connectivity index (χ0v) is 10.8. The van der Waals surface area contributed by atoms with E-state index in [2.05, 4.69) is 40.1 Å². The van der Waals surface area contributed by atoms with E-state index in [1.165, 1.54) is 5.56 Å². The summed E-state index contributed by atoms with van der Waals surface area (Å²) in [5.74, 6) is 0. The zero-order chi connectivity index (χ0) is 12.8. The molecule has 0 aliphatic carbocycles. The largest absolute Gasteiger partial charge is 0.390 e. The van der Waals surface area contributed by atoms with Crippen LogP contribution in [0.25, 0.3) is 0 Å². The summed E-state index contributed by atoms with van der Waals surface area (Å²) in [6.45, 7) is 6.24. The normalized spacial score (nSPS) is 19.9. The van der Waals surface area contributed by atoms with Crippen molar-refractivity contribution in [3.05, 3.63) is 35.9 Å². The predicted molar refractivity (Wildman–Crippen MR) is 73.2 cm³/mol. The average Bonchev–Trinajstić information content (AvgIpc) is 2.42. The van der Waals surface area contributed by atoms with E-state index in [0.717, 1.165) is 32.7 Å². The smallest absolute Gasteiger partial charge is 0.0789 e. The second-order valence-electron chi connectivity index (χ2n) is 4.95. The lowest BCUT2D eigenvalue weighted by molar-refractivity contribution is 0.0739. The fourth-order valence-corrected chi connectivity index (χ4v) is 2.34. The van der Waals surface area contributed by atoms with Gasteiger partial charge in [-0.05, 0) is 5.56 Å². The molecule has 1 aliphatic heterocycles. The van der Waals surface area contributed by atoms with Crippen molar-refractivity contribution < 1.29 is 5.11 Å². The first kappa shape index (κ1) is 13.5. The number of hydrogen-bond acceptors (Lipinski definition) is 4. The molecule has 1 heterocycles. The number of aliphatic hydroxyl groups is 1. The second kappa shape index (κ2) is 6.85. The minimum absolute atomic E-state index is 0.351. The van der Waals surface area contributed by atoms with E-state index in [9.17, 15) is 5.11 Å². The lowest BCUT2D eigenvalue weighted by atomic mass is 10.2. The first-order valence-corrected chi connectivity index (χ1v) is 6.64. The monoisotopic (exact) mass is 249 g/mol. The van der Waals surface area contributed by atoms with Crippen molar-refractivity contribution in [2.24, 2.45) is 5.73 Å². The number of rotatable bonds is 5. The van der Waals surface area contributed by atoms with Crippen molar-refractivity contribution in [2.75, 3.05) is 39.3 Å². The van der Waals surface area contributed by atoms with Crippen LogP contribution in [0, 0.1) is 0 Å². The van der Waals surface area contributed by atoms with Gasteiger partial charge < -0.3 is 10.8 Å². The molecular formula is C14H23N3O. The van der Waals surface area contributed by atoms with Crippen molar-refractivity contribution in [3.8, 4) is 0 Å². The minimum atomic E-state index is -0.384. The van der Waals surface area contributed by atoms with E-state index in [1.807, 2.05) is 0 Å². The molecule has 0 bridgehead atoms. The van der Waals surface area contributed by atoms with Gasteiger partial charge in [0, 0.05) is 45.8 Å². The maximum absolute atomic E-state index is 9.53. The summed E-state index contributed by atoms with van der Waals surface area (Å²) in [5, 5.41) is 9.53. The van der Waals surface area contributed by atoms with E-state index < -0.39 is 0 Å². The lowest BCUT2D eigenvalue weighted by Crippen LogP contribution is -2.49. The average molecular weight is 249 g/mol. The molecule has 1 aromatic rings. The van der Waals surface area contributed by atoms with Crippen LogP contribution >= 0.6 is 0 Å². The second-order valence-corrected chi connectivity index (χ2v) is 4.95. The van der Waals surface area contributed by atoms with E-state index in [4.69, 9.17) is 5.73 Å². The Bertz CT molecular complexity index is 336. The fourth-order valence-electron chi connectivity index (χ4n) is 2.34. The molecule has 0 radical (unpaired) electrons. The van der Waals surface area contributed by atoms with Gasteiger partial charge in [-0.25, -0.2) is 0 Å². The van der Waals surface area contributed by atoms with Crippen LogP contribution in [0.3, 0.4) is 0 Å². The fraction of sp³-hybridized carbons (Fsp3) is 0.571. The quantitative estimate of drug-likeness (QED) is 0.778. The number of nitrogens with zero attached hydrogens (tertiary/aromatic N) is 2. The van der Waals surface area contributed by atoms with Gasteiger partial charge in [0.05, 0.1) is 6.10 Å². The van der Waals surface area contributed by atoms with Gasteiger partial charge in [-0.15, -0.1) is 0 Å². The molecule has 2 rings (SSSR count). The highest BCUT2D eigenvalue weighted by Crippen LogP contribution is 2.08. The number of nitrogens with two attached hydrogens (primary N) is 1. The third-order valence-corrected chi connectivity index (χ3v) is 3.45. The van der Waals surface area contributed by atoms with Gasteiger partial charge in [-0.3, -0.25) is 9.80 Å². The molecule has 18 heavy (non-hydrogen) atoms. The number of β-amino-alcohol motifs (C(OH)–C–C–N with tert-alkyl or cyclic N) is 1. The molecule has 3 N–H and O–H groups in total. The number of piperazine rings is 1. The molecular weight excluding hydrogens is 226 g/mol. The van der Waals surface area contributed by atoms with Crippen LogP contribution in [0.15, 0.2) is 30.3 Å². The highest BCUT2D eigenvalue weighted by molar-refractivity contribution is 5.14. The number of benzene rings is 1. The van der Waals surface area contributed by atoms with Crippen LogP contribution in [0.1, 0.15) is 5.56 Å². The van der Waals surface area contributed by atoms with Crippen molar-refractivity contribution in [2.45, 2.75) is 12.6 Å². The molecule has 0 spiro atoms. The van der Waals surface area contributed by atoms with E-state index >= 15 is 0 Å². The Morgan fingerprint density at radius 3 is 2.28 bits per heavy atom.